The Hall–Kier alpha value is -1.85. The van der Waals surface area contributed by atoms with Crippen LogP contribution in [0.3, 0.4) is 0 Å². The molecule has 2 aromatic rings. The number of hydrogen-bond donors (Lipinski definition) is 1. The minimum absolute atomic E-state index is 0.0528. The summed E-state index contributed by atoms with van der Waals surface area (Å²) in [5.41, 5.74) is 1.57. The van der Waals surface area contributed by atoms with Gasteiger partial charge in [0.15, 0.2) is 0 Å². The molecular formula is C16H19NO3S. The molecule has 0 amide bonds. The van der Waals surface area contributed by atoms with E-state index in [1.807, 2.05) is 25.1 Å². The fourth-order valence-corrected chi connectivity index (χ4v) is 3.64. The average Bonchev–Trinajstić information content (AvgIpc) is 2.50. The van der Waals surface area contributed by atoms with Crippen molar-refractivity contribution < 1.29 is 13.5 Å². The number of anilines is 1. The molecule has 0 aromatic heterocycles. The number of hydrogen-bond acceptors (Lipinski definition) is 3. The SMILES string of the molecule is CCN(c1ccccc1)S(=O)(=O)c1ccc(CCO)cc1. The monoisotopic (exact) mass is 305 g/mol. The van der Waals surface area contributed by atoms with Crippen LogP contribution in [0.25, 0.3) is 0 Å². The van der Waals surface area contributed by atoms with Crippen LogP contribution >= 0.6 is 0 Å². The minimum atomic E-state index is -3.57. The van der Waals surface area contributed by atoms with Crippen molar-refractivity contribution >= 4 is 15.7 Å². The molecule has 0 saturated carbocycles. The molecule has 0 radical (unpaired) electrons. The summed E-state index contributed by atoms with van der Waals surface area (Å²) in [6, 6.07) is 15.7. The van der Waals surface area contributed by atoms with Crippen LogP contribution in [0, 0.1) is 0 Å². The Morgan fingerprint density at radius 3 is 2.14 bits per heavy atom. The summed E-state index contributed by atoms with van der Waals surface area (Å²) in [7, 11) is -3.57. The molecule has 112 valence electrons. The van der Waals surface area contributed by atoms with E-state index in [2.05, 4.69) is 0 Å². The summed E-state index contributed by atoms with van der Waals surface area (Å²) in [6.07, 6.45) is 0.524. The standard InChI is InChI=1S/C16H19NO3S/c1-2-17(15-6-4-3-5-7-15)21(19,20)16-10-8-14(9-11-16)12-13-18/h3-11,18H,2,12-13H2,1H3. The van der Waals surface area contributed by atoms with Gasteiger partial charge in [-0.1, -0.05) is 30.3 Å². The number of para-hydroxylation sites is 1. The molecule has 0 saturated heterocycles. The van der Waals surface area contributed by atoms with E-state index in [0.29, 0.717) is 18.7 Å². The van der Waals surface area contributed by atoms with Gasteiger partial charge in [0, 0.05) is 13.2 Å². The van der Waals surface area contributed by atoms with Crippen molar-refractivity contribution in [3.8, 4) is 0 Å². The van der Waals surface area contributed by atoms with Crippen molar-refractivity contribution in [3.05, 3.63) is 60.2 Å². The first-order valence-corrected chi connectivity index (χ1v) is 8.31. The molecule has 2 rings (SSSR count). The van der Waals surface area contributed by atoms with Gasteiger partial charge < -0.3 is 5.11 Å². The van der Waals surface area contributed by atoms with Gasteiger partial charge in [-0.15, -0.1) is 0 Å². The van der Waals surface area contributed by atoms with E-state index in [-0.39, 0.29) is 11.5 Å². The number of nitrogens with zero attached hydrogens (tertiary/aromatic N) is 1. The van der Waals surface area contributed by atoms with Gasteiger partial charge >= 0.3 is 0 Å². The first kappa shape index (κ1) is 15.5. The van der Waals surface area contributed by atoms with E-state index in [9.17, 15) is 8.42 Å². The van der Waals surface area contributed by atoms with E-state index < -0.39 is 10.0 Å². The van der Waals surface area contributed by atoms with Crippen LogP contribution in [0.15, 0.2) is 59.5 Å². The van der Waals surface area contributed by atoms with Crippen LogP contribution in [-0.4, -0.2) is 26.7 Å². The Kier molecular flexibility index (Phi) is 4.98. The molecule has 4 nitrogen and oxygen atoms in total. The normalized spacial score (nSPS) is 11.3. The Bertz CT molecular complexity index is 666. The summed E-state index contributed by atoms with van der Waals surface area (Å²) >= 11 is 0. The second-order valence-electron chi connectivity index (χ2n) is 4.62. The highest BCUT2D eigenvalue weighted by Gasteiger charge is 2.23. The molecule has 2 aromatic carbocycles. The van der Waals surface area contributed by atoms with Crippen molar-refractivity contribution in [2.24, 2.45) is 0 Å². The third kappa shape index (κ3) is 3.43. The fourth-order valence-electron chi connectivity index (χ4n) is 2.17. The quantitative estimate of drug-likeness (QED) is 0.892. The first-order valence-electron chi connectivity index (χ1n) is 6.87. The molecule has 5 heteroatoms. The highest BCUT2D eigenvalue weighted by molar-refractivity contribution is 7.92. The van der Waals surface area contributed by atoms with Crippen LogP contribution in [0.5, 0.6) is 0 Å². The molecular weight excluding hydrogens is 286 g/mol. The highest BCUT2D eigenvalue weighted by Crippen LogP contribution is 2.23. The maximum atomic E-state index is 12.7. The van der Waals surface area contributed by atoms with Crippen molar-refractivity contribution in [3.63, 3.8) is 0 Å². The third-order valence-corrected chi connectivity index (χ3v) is 5.16. The molecule has 0 unspecified atom stereocenters. The Morgan fingerprint density at radius 2 is 1.62 bits per heavy atom. The Morgan fingerprint density at radius 1 is 1.00 bits per heavy atom. The zero-order chi connectivity index (χ0) is 15.3. The molecule has 0 fully saturated rings. The lowest BCUT2D eigenvalue weighted by Gasteiger charge is -2.23. The predicted molar refractivity (Wildman–Crippen MR) is 83.9 cm³/mol. The molecule has 0 aliphatic rings. The van der Waals surface area contributed by atoms with Crippen LogP contribution in [0.4, 0.5) is 5.69 Å². The topological polar surface area (TPSA) is 57.6 Å². The number of rotatable bonds is 6. The van der Waals surface area contributed by atoms with Crippen LogP contribution < -0.4 is 4.31 Å². The summed E-state index contributed by atoms with van der Waals surface area (Å²) in [5, 5.41) is 8.90. The molecule has 0 spiro atoms. The van der Waals surface area contributed by atoms with Gasteiger partial charge in [0.1, 0.15) is 0 Å². The van der Waals surface area contributed by atoms with Gasteiger partial charge in [-0.05, 0) is 43.2 Å². The minimum Gasteiger partial charge on any atom is -0.396 e. The molecule has 1 N–H and O–H groups in total. The number of sulfonamides is 1. The fraction of sp³-hybridized carbons (Fsp3) is 0.250. The van der Waals surface area contributed by atoms with Gasteiger partial charge in [0.05, 0.1) is 10.6 Å². The van der Waals surface area contributed by atoms with Crippen molar-refractivity contribution in [2.45, 2.75) is 18.2 Å². The van der Waals surface area contributed by atoms with Crippen molar-refractivity contribution in [2.75, 3.05) is 17.5 Å². The maximum Gasteiger partial charge on any atom is 0.264 e. The lowest BCUT2D eigenvalue weighted by molar-refractivity contribution is 0.299. The van der Waals surface area contributed by atoms with Gasteiger partial charge in [-0.3, -0.25) is 4.31 Å². The van der Waals surface area contributed by atoms with Crippen LogP contribution in [0.1, 0.15) is 12.5 Å². The third-order valence-electron chi connectivity index (χ3n) is 3.24. The number of benzene rings is 2. The van der Waals surface area contributed by atoms with Gasteiger partial charge in [0.2, 0.25) is 0 Å². The van der Waals surface area contributed by atoms with Crippen LogP contribution in [-0.2, 0) is 16.4 Å². The lowest BCUT2D eigenvalue weighted by atomic mass is 10.2. The summed E-state index contributed by atoms with van der Waals surface area (Å²) in [4.78, 5) is 0.259. The van der Waals surface area contributed by atoms with E-state index in [1.165, 1.54) is 4.31 Å². The Labute approximate surface area is 125 Å². The summed E-state index contributed by atoms with van der Waals surface area (Å²) in [6.45, 7) is 2.23. The molecule has 0 aliphatic carbocycles. The molecule has 0 atom stereocenters. The first-order chi connectivity index (χ1) is 10.1. The van der Waals surface area contributed by atoms with Gasteiger partial charge in [-0.25, -0.2) is 8.42 Å². The Balaban J connectivity index is 2.35. The van der Waals surface area contributed by atoms with E-state index in [4.69, 9.17) is 5.11 Å². The lowest BCUT2D eigenvalue weighted by Crippen LogP contribution is -2.30. The predicted octanol–water partition coefficient (Wildman–Crippen LogP) is 2.44. The number of aliphatic hydroxyl groups excluding tert-OH is 1. The second kappa shape index (κ2) is 6.74. The zero-order valence-corrected chi connectivity index (χ0v) is 12.8. The van der Waals surface area contributed by atoms with Gasteiger partial charge in [0.25, 0.3) is 10.0 Å². The van der Waals surface area contributed by atoms with Gasteiger partial charge in [-0.2, -0.15) is 0 Å². The molecule has 0 bridgehead atoms. The highest BCUT2D eigenvalue weighted by atomic mass is 32.2. The van der Waals surface area contributed by atoms with E-state index in [1.54, 1.807) is 36.4 Å². The molecule has 0 aliphatic heterocycles. The van der Waals surface area contributed by atoms with E-state index >= 15 is 0 Å². The van der Waals surface area contributed by atoms with E-state index in [0.717, 1.165) is 5.56 Å². The molecule has 0 heterocycles. The van der Waals surface area contributed by atoms with Crippen LogP contribution in [0.2, 0.25) is 0 Å². The smallest absolute Gasteiger partial charge is 0.264 e. The second-order valence-corrected chi connectivity index (χ2v) is 6.49. The number of aliphatic hydroxyl groups is 1. The summed E-state index contributed by atoms with van der Waals surface area (Å²) < 4.78 is 26.8. The van der Waals surface area contributed by atoms with Crippen molar-refractivity contribution in [1.29, 1.82) is 0 Å². The van der Waals surface area contributed by atoms with Crippen molar-refractivity contribution in [1.82, 2.24) is 0 Å². The zero-order valence-electron chi connectivity index (χ0n) is 11.9. The summed E-state index contributed by atoms with van der Waals surface area (Å²) in [5.74, 6) is 0. The molecule has 21 heavy (non-hydrogen) atoms. The largest absolute Gasteiger partial charge is 0.396 e. The maximum absolute atomic E-state index is 12.7. The average molecular weight is 305 g/mol.